The molecule has 0 unspecified atom stereocenters. The standard InChI is InChI=1S/C22H21BrN2O3S/c1-2-27-21-12-17(14-24-25-22(26)13-19-4-3-11-29-19)7-10-20(21)28-15-16-5-8-18(23)9-6-16/h3-12,14H,2,13,15H2,1H3,(H,25,26)/b24-14-. The first-order chi connectivity index (χ1) is 14.1. The quantitative estimate of drug-likeness (QED) is 0.344. The topological polar surface area (TPSA) is 59.9 Å². The van der Waals surface area contributed by atoms with Crippen molar-refractivity contribution in [1.29, 1.82) is 0 Å². The third-order valence-electron chi connectivity index (χ3n) is 3.89. The van der Waals surface area contributed by atoms with E-state index in [-0.39, 0.29) is 5.91 Å². The largest absolute Gasteiger partial charge is 0.490 e. The Labute approximate surface area is 182 Å². The summed E-state index contributed by atoms with van der Waals surface area (Å²) >= 11 is 4.97. The normalized spacial score (nSPS) is 10.8. The van der Waals surface area contributed by atoms with E-state index in [0.717, 1.165) is 20.5 Å². The molecule has 1 amide bonds. The summed E-state index contributed by atoms with van der Waals surface area (Å²) in [4.78, 5) is 12.9. The third kappa shape index (κ3) is 6.73. The number of hydrazone groups is 1. The second kappa shape index (κ2) is 10.8. The highest BCUT2D eigenvalue weighted by Gasteiger charge is 2.07. The first kappa shape index (κ1) is 21.1. The van der Waals surface area contributed by atoms with Gasteiger partial charge in [0.25, 0.3) is 0 Å². The van der Waals surface area contributed by atoms with Gasteiger partial charge >= 0.3 is 0 Å². The van der Waals surface area contributed by atoms with Gasteiger partial charge in [-0.05, 0) is 59.8 Å². The predicted molar refractivity (Wildman–Crippen MR) is 120 cm³/mol. The highest BCUT2D eigenvalue weighted by molar-refractivity contribution is 9.10. The zero-order chi connectivity index (χ0) is 20.5. The van der Waals surface area contributed by atoms with Crippen molar-refractivity contribution in [3.63, 3.8) is 0 Å². The van der Waals surface area contributed by atoms with Crippen molar-refractivity contribution >= 4 is 39.4 Å². The van der Waals surface area contributed by atoms with Crippen LogP contribution in [0.1, 0.15) is 22.9 Å². The Morgan fingerprint density at radius 1 is 1.14 bits per heavy atom. The number of hydrogen-bond donors (Lipinski definition) is 1. The van der Waals surface area contributed by atoms with Crippen LogP contribution in [-0.2, 0) is 17.8 Å². The molecular formula is C22H21BrN2O3S. The van der Waals surface area contributed by atoms with Gasteiger partial charge in [0.15, 0.2) is 11.5 Å². The van der Waals surface area contributed by atoms with Crippen LogP contribution >= 0.6 is 27.3 Å². The Hall–Kier alpha value is -2.64. The lowest BCUT2D eigenvalue weighted by atomic mass is 10.2. The molecule has 7 heteroatoms. The van der Waals surface area contributed by atoms with Crippen LogP contribution in [0.3, 0.4) is 0 Å². The summed E-state index contributed by atoms with van der Waals surface area (Å²) in [5.74, 6) is 1.15. The molecule has 1 heterocycles. The second-order valence-corrected chi connectivity index (χ2v) is 8.05. The average molecular weight is 473 g/mol. The number of hydrogen-bond acceptors (Lipinski definition) is 5. The Kier molecular flexibility index (Phi) is 7.84. The van der Waals surface area contributed by atoms with E-state index in [1.165, 1.54) is 0 Å². The van der Waals surface area contributed by atoms with Crippen molar-refractivity contribution in [2.75, 3.05) is 6.61 Å². The Balaban J connectivity index is 1.60. The molecule has 3 rings (SSSR count). The number of nitrogens with zero attached hydrogens (tertiary/aromatic N) is 1. The summed E-state index contributed by atoms with van der Waals surface area (Å²) in [6, 6.07) is 17.4. The Morgan fingerprint density at radius 2 is 1.97 bits per heavy atom. The summed E-state index contributed by atoms with van der Waals surface area (Å²) < 4.78 is 12.7. The van der Waals surface area contributed by atoms with Gasteiger partial charge in [-0.25, -0.2) is 5.43 Å². The van der Waals surface area contributed by atoms with Crippen molar-refractivity contribution in [2.24, 2.45) is 5.10 Å². The molecule has 0 aliphatic heterocycles. The van der Waals surface area contributed by atoms with Crippen LogP contribution in [0.4, 0.5) is 0 Å². The summed E-state index contributed by atoms with van der Waals surface area (Å²) in [7, 11) is 0. The smallest absolute Gasteiger partial charge is 0.245 e. The molecule has 0 fully saturated rings. The maximum absolute atomic E-state index is 11.9. The van der Waals surface area contributed by atoms with Gasteiger partial charge < -0.3 is 9.47 Å². The molecule has 150 valence electrons. The van der Waals surface area contributed by atoms with Crippen molar-refractivity contribution in [1.82, 2.24) is 5.43 Å². The Bertz CT molecular complexity index is 957. The Morgan fingerprint density at radius 3 is 2.69 bits per heavy atom. The molecule has 1 aromatic heterocycles. The van der Waals surface area contributed by atoms with Gasteiger partial charge in [0.2, 0.25) is 5.91 Å². The molecule has 2 aromatic carbocycles. The number of amides is 1. The summed E-state index contributed by atoms with van der Waals surface area (Å²) in [5.41, 5.74) is 4.42. The molecule has 0 atom stereocenters. The maximum atomic E-state index is 11.9. The number of ether oxygens (including phenoxy) is 2. The van der Waals surface area contributed by atoms with E-state index in [2.05, 4.69) is 26.5 Å². The number of carbonyl (C=O) groups excluding carboxylic acids is 1. The van der Waals surface area contributed by atoms with Crippen molar-refractivity contribution < 1.29 is 14.3 Å². The second-order valence-electron chi connectivity index (χ2n) is 6.10. The molecule has 1 N–H and O–H groups in total. The van der Waals surface area contributed by atoms with E-state index in [1.54, 1.807) is 17.6 Å². The van der Waals surface area contributed by atoms with E-state index in [1.807, 2.05) is 66.9 Å². The minimum atomic E-state index is -0.150. The molecular weight excluding hydrogens is 452 g/mol. The van der Waals surface area contributed by atoms with Gasteiger partial charge in [-0.15, -0.1) is 11.3 Å². The van der Waals surface area contributed by atoms with Crippen LogP contribution in [0, 0.1) is 0 Å². The van der Waals surface area contributed by atoms with Gasteiger partial charge in [-0.2, -0.15) is 5.10 Å². The molecule has 0 aliphatic carbocycles. The van der Waals surface area contributed by atoms with E-state index in [0.29, 0.717) is 31.1 Å². The van der Waals surface area contributed by atoms with Gasteiger partial charge in [0.05, 0.1) is 19.2 Å². The molecule has 0 saturated heterocycles. The lowest BCUT2D eigenvalue weighted by Crippen LogP contribution is -2.19. The number of nitrogens with one attached hydrogen (secondary N) is 1. The van der Waals surface area contributed by atoms with Crippen LogP contribution in [0.5, 0.6) is 11.5 Å². The van der Waals surface area contributed by atoms with Gasteiger partial charge in [-0.3, -0.25) is 4.79 Å². The van der Waals surface area contributed by atoms with Crippen molar-refractivity contribution in [3.05, 3.63) is 80.5 Å². The number of rotatable bonds is 9. The lowest BCUT2D eigenvalue weighted by Gasteiger charge is -2.12. The van der Waals surface area contributed by atoms with E-state index >= 15 is 0 Å². The summed E-state index contributed by atoms with van der Waals surface area (Å²) in [5, 5.41) is 5.98. The van der Waals surface area contributed by atoms with E-state index in [9.17, 15) is 4.79 Å². The molecule has 0 spiro atoms. The van der Waals surface area contributed by atoms with Gasteiger partial charge in [-0.1, -0.05) is 34.1 Å². The van der Waals surface area contributed by atoms with Gasteiger partial charge in [0, 0.05) is 9.35 Å². The minimum Gasteiger partial charge on any atom is -0.490 e. The average Bonchev–Trinajstić information content (AvgIpc) is 3.22. The molecule has 0 bridgehead atoms. The fourth-order valence-corrected chi connectivity index (χ4v) is 3.49. The zero-order valence-electron chi connectivity index (χ0n) is 15.9. The first-order valence-electron chi connectivity index (χ1n) is 9.12. The van der Waals surface area contributed by atoms with E-state index in [4.69, 9.17) is 9.47 Å². The van der Waals surface area contributed by atoms with Crippen LogP contribution in [0.2, 0.25) is 0 Å². The van der Waals surface area contributed by atoms with Crippen LogP contribution in [0.25, 0.3) is 0 Å². The highest BCUT2D eigenvalue weighted by atomic mass is 79.9. The lowest BCUT2D eigenvalue weighted by molar-refractivity contribution is -0.120. The number of benzene rings is 2. The minimum absolute atomic E-state index is 0.150. The van der Waals surface area contributed by atoms with Crippen molar-refractivity contribution in [3.8, 4) is 11.5 Å². The van der Waals surface area contributed by atoms with E-state index < -0.39 is 0 Å². The van der Waals surface area contributed by atoms with Crippen LogP contribution < -0.4 is 14.9 Å². The molecule has 3 aromatic rings. The predicted octanol–water partition coefficient (Wildman–Crippen LogP) is 5.18. The molecule has 0 radical (unpaired) electrons. The summed E-state index contributed by atoms with van der Waals surface area (Å²) in [6.45, 7) is 2.89. The molecule has 0 saturated carbocycles. The van der Waals surface area contributed by atoms with Crippen LogP contribution in [-0.4, -0.2) is 18.7 Å². The van der Waals surface area contributed by atoms with Gasteiger partial charge in [0.1, 0.15) is 6.61 Å². The first-order valence-corrected chi connectivity index (χ1v) is 10.8. The number of halogens is 1. The highest BCUT2D eigenvalue weighted by Crippen LogP contribution is 2.29. The molecule has 29 heavy (non-hydrogen) atoms. The van der Waals surface area contributed by atoms with Crippen LogP contribution in [0.15, 0.2) is 69.6 Å². The summed E-state index contributed by atoms with van der Waals surface area (Å²) in [6.07, 6.45) is 1.91. The number of carbonyl (C=O) groups is 1. The zero-order valence-corrected chi connectivity index (χ0v) is 18.3. The maximum Gasteiger partial charge on any atom is 0.245 e. The monoisotopic (exact) mass is 472 g/mol. The fourth-order valence-electron chi connectivity index (χ4n) is 2.52. The van der Waals surface area contributed by atoms with Crippen molar-refractivity contribution in [2.45, 2.75) is 20.0 Å². The SMILES string of the molecule is CCOc1cc(/C=N\NC(=O)Cc2cccs2)ccc1OCc1ccc(Br)cc1. The molecule has 5 nitrogen and oxygen atoms in total. The molecule has 0 aliphatic rings. The fraction of sp³-hybridized carbons (Fsp3) is 0.182. The number of thiophene rings is 1. The third-order valence-corrected chi connectivity index (χ3v) is 5.30.